The Morgan fingerprint density at radius 2 is 0.400 bits per heavy atom. The van der Waals surface area contributed by atoms with Gasteiger partial charge in [-0.2, -0.15) is 0 Å². The summed E-state index contributed by atoms with van der Waals surface area (Å²) < 4.78 is 0. The van der Waals surface area contributed by atoms with Crippen molar-refractivity contribution < 1.29 is 0 Å². The van der Waals surface area contributed by atoms with Gasteiger partial charge >= 0.3 is 0 Å². The second kappa shape index (κ2) is 30.5. The number of hydrogen-bond acceptors (Lipinski definition) is 2. The molecule has 22 aromatic rings. The van der Waals surface area contributed by atoms with E-state index in [0.29, 0.717) is 0 Å². The maximum Gasteiger partial charge on any atom is 0.0468 e. The van der Waals surface area contributed by atoms with Gasteiger partial charge in [-0.15, -0.1) is 0 Å². The molecule has 0 amide bonds. The maximum atomic E-state index is 2.42. The van der Waals surface area contributed by atoms with Gasteiger partial charge in [-0.25, -0.2) is 0 Å². The Morgan fingerprint density at radius 3 is 0.958 bits per heavy atom. The van der Waals surface area contributed by atoms with Crippen LogP contribution in [0.5, 0.6) is 0 Å². The highest BCUT2D eigenvalue weighted by Gasteiger charge is 2.22. The SMILES string of the molecule is c1ccc(-c2ccc(N(c3ccc(-c4ccc(-c5ccc(-c6ccc(-c7ccc(N(c8cccc(-c9ccc(-c%10cccc%11c%10ccc%10c%12ccccc%12ccc%11%10)cc9)c8)c8ccc(-c9ccccc9)c(-c9ccccc9)c8)cc7)cc6)c6c5ccc5c7ccccc7ccc56)cc4)cc3)c3cccc(-c4ccc5ccccc5c4)c3)cc2)cc1. The topological polar surface area (TPSA) is 6.48 Å². The van der Waals surface area contributed by atoms with E-state index >= 15 is 0 Å². The fourth-order valence-corrected chi connectivity index (χ4v) is 18.4. The molecule has 0 heterocycles. The normalized spacial score (nSPS) is 11.5. The molecule has 0 aliphatic carbocycles. The van der Waals surface area contributed by atoms with E-state index in [1.54, 1.807) is 0 Å². The number of fused-ring (bicyclic) bond motifs is 11. The number of hydrogen-bond donors (Lipinski definition) is 0. The summed E-state index contributed by atoms with van der Waals surface area (Å²) in [7, 11) is 0. The van der Waals surface area contributed by atoms with E-state index in [1.807, 2.05) is 0 Å². The van der Waals surface area contributed by atoms with E-state index in [0.717, 1.165) is 78.6 Å². The monoisotopic (exact) mass is 1520 g/mol. The smallest absolute Gasteiger partial charge is 0.0468 e. The largest absolute Gasteiger partial charge is 0.310 e. The molecule has 0 atom stereocenters. The van der Waals surface area contributed by atoms with E-state index < -0.39 is 0 Å². The summed E-state index contributed by atoms with van der Waals surface area (Å²) in [4.78, 5) is 4.79. The molecule has 0 spiro atoms. The van der Waals surface area contributed by atoms with Gasteiger partial charge in [0.2, 0.25) is 0 Å². The van der Waals surface area contributed by atoms with Gasteiger partial charge < -0.3 is 9.80 Å². The molecule has 2 nitrogen and oxygen atoms in total. The molecule has 560 valence electrons. The molecule has 22 aromatic carbocycles. The standard InChI is InChI=1S/C118H78N2/c1-4-19-79(20-5-1)83-51-59-98(60-52-83)119(101-31-17-30-96(77-101)97-50-43-80-21-10-11-28-94(80)75-97)99-61-53-84(54-62-99)81-37-44-92(45-38-81)107-69-70-109(118-115(107)74-73-113-105-34-15-13-27-90(105)58-67-116(113)118)93-48-39-82(40-49-93)85-55-63-100(64-56-85)120(103-65-68-108(87-22-6-2-7-23-87)117(78-103)88-24-8-3-9-25-88)102-32-16-29-95(76-102)86-41-46-91(47-42-86)106-35-18-36-110-111(106)71-72-112-104-33-14-12-26-89(104)57-66-114(110)112/h1-78H. The van der Waals surface area contributed by atoms with Gasteiger partial charge in [0, 0.05) is 34.1 Å². The Kier molecular flexibility index (Phi) is 18.0. The highest BCUT2D eigenvalue weighted by Crippen LogP contribution is 2.48. The molecular formula is C118H78N2. The van der Waals surface area contributed by atoms with Crippen molar-refractivity contribution in [2.45, 2.75) is 0 Å². The van der Waals surface area contributed by atoms with Crippen LogP contribution in [0.2, 0.25) is 0 Å². The summed E-state index contributed by atoms with van der Waals surface area (Å²) in [5, 5.41) is 17.5. The molecule has 120 heavy (non-hydrogen) atoms. The second-order valence-corrected chi connectivity index (χ2v) is 31.4. The van der Waals surface area contributed by atoms with Crippen molar-refractivity contribution in [1.29, 1.82) is 0 Å². The molecule has 0 unspecified atom stereocenters. The Balaban J connectivity index is 0.580. The quantitative estimate of drug-likeness (QED) is 0.0890. The third-order valence-electron chi connectivity index (χ3n) is 24.5. The van der Waals surface area contributed by atoms with Gasteiger partial charge in [-0.1, -0.05) is 394 Å². The van der Waals surface area contributed by atoms with Gasteiger partial charge in [0.25, 0.3) is 0 Å². The van der Waals surface area contributed by atoms with Crippen molar-refractivity contribution >= 4 is 110 Å². The van der Waals surface area contributed by atoms with Crippen molar-refractivity contribution in [1.82, 2.24) is 0 Å². The number of rotatable bonds is 16. The highest BCUT2D eigenvalue weighted by atomic mass is 15.1. The average Bonchev–Trinajstić information content (AvgIpc) is 0.730. The molecular weight excluding hydrogens is 1450 g/mol. The first kappa shape index (κ1) is 70.9. The molecule has 0 radical (unpaired) electrons. The van der Waals surface area contributed by atoms with E-state index in [2.05, 4.69) is 483 Å². The van der Waals surface area contributed by atoms with Crippen LogP contribution in [0.15, 0.2) is 473 Å². The first-order valence-corrected chi connectivity index (χ1v) is 41.4. The third-order valence-corrected chi connectivity index (χ3v) is 24.5. The maximum absolute atomic E-state index is 2.42. The summed E-state index contributed by atoms with van der Waals surface area (Å²) in [5.41, 5.74) is 29.9. The molecule has 2 heteroatoms. The molecule has 0 N–H and O–H groups in total. The minimum absolute atomic E-state index is 1.06. The van der Waals surface area contributed by atoms with Crippen molar-refractivity contribution in [3.05, 3.63) is 473 Å². The van der Waals surface area contributed by atoms with Crippen LogP contribution in [-0.2, 0) is 0 Å². The van der Waals surface area contributed by atoms with E-state index in [9.17, 15) is 0 Å². The van der Waals surface area contributed by atoms with E-state index in [-0.39, 0.29) is 0 Å². The predicted octanol–water partition coefficient (Wildman–Crippen LogP) is 33.4. The van der Waals surface area contributed by atoms with Crippen molar-refractivity contribution in [3.8, 4) is 111 Å². The predicted molar refractivity (Wildman–Crippen MR) is 513 cm³/mol. The molecule has 22 rings (SSSR count). The summed E-state index contributed by atoms with van der Waals surface area (Å²) in [6.45, 7) is 0. The Hall–Kier alpha value is -15.7. The van der Waals surface area contributed by atoms with Crippen molar-refractivity contribution in [2.24, 2.45) is 0 Å². The van der Waals surface area contributed by atoms with Gasteiger partial charge in [0.15, 0.2) is 0 Å². The van der Waals surface area contributed by atoms with Crippen LogP contribution in [0.1, 0.15) is 0 Å². The zero-order chi connectivity index (χ0) is 79.4. The lowest BCUT2D eigenvalue weighted by molar-refractivity contribution is 1.28. The highest BCUT2D eigenvalue weighted by molar-refractivity contribution is 6.24. The third kappa shape index (κ3) is 13.2. The van der Waals surface area contributed by atoms with E-state index in [4.69, 9.17) is 0 Å². The molecule has 0 saturated heterocycles. The molecule has 0 fully saturated rings. The van der Waals surface area contributed by atoms with E-state index in [1.165, 1.54) is 142 Å². The van der Waals surface area contributed by atoms with Crippen molar-refractivity contribution in [2.75, 3.05) is 9.80 Å². The average molecular weight is 1520 g/mol. The van der Waals surface area contributed by atoms with Crippen LogP contribution in [0.25, 0.3) is 187 Å². The first-order valence-electron chi connectivity index (χ1n) is 41.4. The number of anilines is 6. The van der Waals surface area contributed by atoms with Crippen LogP contribution in [-0.4, -0.2) is 0 Å². The lowest BCUT2D eigenvalue weighted by atomic mass is 9.87. The van der Waals surface area contributed by atoms with Gasteiger partial charge in [-0.3, -0.25) is 0 Å². The Bertz CT molecular complexity index is 7630. The number of benzene rings is 22. The molecule has 0 bridgehead atoms. The van der Waals surface area contributed by atoms with Crippen LogP contribution < -0.4 is 9.80 Å². The van der Waals surface area contributed by atoms with Gasteiger partial charge in [0.05, 0.1) is 0 Å². The van der Waals surface area contributed by atoms with Gasteiger partial charge in [-0.05, 0) is 266 Å². The van der Waals surface area contributed by atoms with Crippen LogP contribution >= 0.6 is 0 Å². The molecule has 0 aliphatic rings. The van der Waals surface area contributed by atoms with Crippen LogP contribution in [0, 0.1) is 0 Å². The summed E-state index contributed by atoms with van der Waals surface area (Å²) >= 11 is 0. The molecule has 0 aliphatic heterocycles. The zero-order valence-corrected chi connectivity index (χ0v) is 65.9. The summed E-state index contributed by atoms with van der Waals surface area (Å²) in [6, 6.07) is 174. The minimum Gasteiger partial charge on any atom is -0.310 e. The minimum atomic E-state index is 1.06. The lowest BCUT2D eigenvalue weighted by Crippen LogP contribution is -2.10. The van der Waals surface area contributed by atoms with Crippen molar-refractivity contribution in [3.63, 3.8) is 0 Å². The fourth-order valence-electron chi connectivity index (χ4n) is 18.4. The fraction of sp³-hybridized carbons (Fsp3) is 0. The summed E-state index contributed by atoms with van der Waals surface area (Å²) in [6.07, 6.45) is 0. The molecule has 0 aromatic heterocycles. The second-order valence-electron chi connectivity index (χ2n) is 31.4. The van der Waals surface area contributed by atoms with Crippen LogP contribution in [0.3, 0.4) is 0 Å². The number of nitrogens with zero attached hydrogens (tertiary/aromatic N) is 2. The zero-order valence-electron chi connectivity index (χ0n) is 65.9. The first-order chi connectivity index (χ1) is 59.5. The Morgan fingerprint density at radius 1 is 0.108 bits per heavy atom. The lowest BCUT2D eigenvalue weighted by Gasteiger charge is -2.27. The Labute approximate surface area is 699 Å². The van der Waals surface area contributed by atoms with Gasteiger partial charge in [0.1, 0.15) is 0 Å². The van der Waals surface area contributed by atoms with Crippen LogP contribution in [0.4, 0.5) is 34.1 Å². The molecule has 0 saturated carbocycles. The summed E-state index contributed by atoms with van der Waals surface area (Å²) in [5.74, 6) is 0.